The molecule has 9 aromatic rings. The van der Waals surface area contributed by atoms with Crippen molar-refractivity contribution >= 4 is 32.4 Å². The van der Waals surface area contributed by atoms with Gasteiger partial charge < -0.3 is 0 Å². The third kappa shape index (κ3) is 4.62. The molecule has 0 N–H and O–H groups in total. The van der Waals surface area contributed by atoms with Gasteiger partial charge in [0.25, 0.3) is 0 Å². The summed E-state index contributed by atoms with van der Waals surface area (Å²) >= 11 is 0. The highest BCUT2D eigenvalue weighted by Crippen LogP contribution is 2.52. The van der Waals surface area contributed by atoms with E-state index in [1.54, 1.807) is 0 Å². The SMILES string of the molecule is CC1(C)c2cc(-c3ccc(-c4nc(-c5ccccc5)cc(-c5cccc6ncccc56)n4)c4ccccc34)ccc2-c2ccc3ccccc3c21. The average molecular weight is 652 g/mol. The molecular weight excluding hydrogens is 619 g/mol. The third-order valence-electron chi connectivity index (χ3n) is 10.7. The molecule has 240 valence electrons. The lowest BCUT2D eigenvalue weighted by Gasteiger charge is -2.24. The van der Waals surface area contributed by atoms with Crippen LogP contribution in [0.1, 0.15) is 25.0 Å². The molecule has 3 heteroatoms. The van der Waals surface area contributed by atoms with E-state index in [1.807, 2.05) is 24.4 Å². The Balaban J connectivity index is 1.15. The summed E-state index contributed by atoms with van der Waals surface area (Å²) in [5.41, 5.74) is 13.5. The molecule has 1 aliphatic carbocycles. The summed E-state index contributed by atoms with van der Waals surface area (Å²) in [7, 11) is 0. The molecule has 7 aromatic carbocycles. The maximum absolute atomic E-state index is 5.28. The highest BCUT2D eigenvalue weighted by molar-refractivity contribution is 6.05. The maximum Gasteiger partial charge on any atom is 0.161 e. The topological polar surface area (TPSA) is 38.7 Å². The van der Waals surface area contributed by atoms with Crippen molar-refractivity contribution in [3.05, 3.63) is 175 Å². The smallest absolute Gasteiger partial charge is 0.161 e. The van der Waals surface area contributed by atoms with Gasteiger partial charge in [0, 0.05) is 33.7 Å². The van der Waals surface area contributed by atoms with Gasteiger partial charge >= 0.3 is 0 Å². The fraction of sp³-hybridized carbons (Fsp3) is 0.0625. The van der Waals surface area contributed by atoms with E-state index in [0.29, 0.717) is 5.82 Å². The lowest BCUT2D eigenvalue weighted by atomic mass is 9.79. The van der Waals surface area contributed by atoms with Crippen molar-refractivity contribution in [1.82, 2.24) is 15.0 Å². The van der Waals surface area contributed by atoms with Gasteiger partial charge in [-0.15, -0.1) is 0 Å². The van der Waals surface area contributed by atoms with Crippen LogP contribution in [0.2, 0.25) is 0 Å². The molecule has 51 heavy (non-hydrogen) atoms. The normalized spacial score (nSPS) is 13.1. The molecule has 2 aromatic heterocycles. The Bertz CT molecular complexity index is 2830. The Kier molecular flexibility index (Phi) is 6.53. The fourth-order valence-corrected chi connectivity index (χ4v) is 8.30. The van der Waals surface area contributed by atoms with Crippen molar-refractivity contribution < 1.29 is 0 Å². The van der Waals surface area contributed by atoms with Crippen LogP contribution in [0.3, 0.4) is 0 Å². The fourth-order valence-electron chi connectivity index (χ4n) is 8.30. The van der Waals surface area contributed by atoms with Crippen LogP contribution in [-0.2, 0) is 5.41 Å². The second kappa shape index (κ2) is 11.3. The summed E-state index contributed by atoms with van der Waals surface area (Å²) in [4.78, 5) is 15.1. The molecule has 0 amide bonds. The molecular formula is C48H33N3. The van der Waals surface area contributed by atoms with Gasteiger partial charge in [-0.2, -0.15) is 0 Å². The number of nitrogens with zero attached hydrogens (tertiary/aromatic N) is 3. The Morgan fingerprint density at radius 1 is 0.431 bits per heavy atom. The van der Waals surface area contributed by atoms with Gasteiger partial charge in [0.05, 0.1) is 16.9 Å². The average Bonchev–Trinajstić information content (AvgIpc) is 3.43. The first-order valence-electron chi connectivity index (χ1n) is 17.5. The Morgan fingerprint density at radius 3 is 1.98 bits per heavy atom. The predicted octanol–water partition coefficient (Wildman–Crippen LogP) is 12.3. The van der Waals surface area contributed by atoms with Crippen molar-refractivity contribution in [2.24, 2.45) is 0 Å². The molecule has 0 saturated heterocycles. The van der Waals surface area contributed by atoms with Crippen LogP contribution in [0, 0.1) is 0 Å². The van der Waals surface area contributed by atoms with Crippen LogP contribution in [0.15, 0.2) is 164 Å². The quantitative estimate of drug-likeness (QED) is 0.190. The van der Waals surface area contributed by atoms with Gasteiger partial charge in [0.1, 0.15) is 0 Å². The lowest BCUT2D eigenvalue weighted by molar-refractivity contribution is 0.666. The van der Waals surface area contributed by atoms with Gasteiger partial charge in [-0.05, 0) is 85.3 Å². The van der Waals surface area contributed by atoms with E-state index < -0.39 is 0 Å². The second-order valence-corrected chi connectivity index (χ2v) is 14.0. The summed E-state index contributed by atoms with van der Waals surface area (Å²) in [5.74, 6) is 0.701. The van der Waals surface area contributed by atoms with Crippen LogP contribution < -0.4 is 0 Å². The minimum atomic E-state index is -0.128. The monoisotopic (exact) mass is 651 g/mol. The van der Waals surface area contributed by atoms with Gasteiger partial charge in [-0.3, -0.25) is 4.98 Å². The number of fused-ring (bicyclic) bond motifs is 7. The van der Waals surface area contributed by atoms with Crippen LogP contribution in [0.25, 0.3) is 88.6 Å². The zero-order valence-corrected chi connectivity index (χ0v) is 28.4. The van der Waals surface area contributed by atoms with Crippen LogP contribution in [0.4, 0.5) is 0 Å². The number of hydrogen-bond donors (Lipinski definition) is 0. The first kappa shape index (κ1) is 29.5. The van der Waals surface area contributed by atoms with E-state index >= 15 is 0 Å². The summed E-state index contributed by atoms with van der Waals surface area (Å²) in [6.45, 7) is 4.74. The van der Waals surface area contributed by atoms with Crippen molar-refractivity contribution in [2.45, 2.75) is 19.3 Å². The minimum absolute atomic E-state index is 0.128. The van der Waals surface area contributed by atoms with Crippen LogP contribution >= 0.6 is 0 Å². The van der Waals surface area contributed by atoms with Crippen molar-refractivity contribution in [1.29, 1.82) is 0 Å². The van der Waals surface area contributed by atoms with E-state index in [4.69, 9.17) is 9.97 Å². The molecule has 0 radical (unpaired) electrons. The first-order valence-corrected chi connectivity index (χ1v) is 17.5. The highest BCUT2D eigenvalue weighted by Gasteiger charge is 2.37. The molecule has 0 bridgehead atoms. The molecule has 3 nitrogen and oxygen atoms in total. The summed E-state index contributed by atoms with van der Waals surface area (Å²) in [6, 6.07) is 56.3. The molecule has 0 unspecified atom stereocenters. The van der Waals surface area contributed by atoms with Crippen molar-refractivity contribution in [2.75, 3.05) is 0 Å². The molecule has 0 aliphatic heterocycles. The van der Waals surface area contributed by atoms with Gasteiger partial charge in [-0.25, -0.2) is 9.97 Å². The molecule has 0 saturated carbocycles. The largest absolute Gasteiger partial charge is 0.256 e. The first-order chi connectivity index (χ1) is 25.0. The number of rotatable bonds is 4. The van der Waals surface area contributed by atoms with Crippen LogP contribution in [-0.4, -0.2) is 15.0 Å². The van der Waals surface area contributed by atoms with Crippen LogP contribution in [0.5, 0.6) is 0 Å². The second-order valence-electron chi connectivity index (χ2n) is 14.0. The standard InChI is InChI=1S/C48H33N3/c1-48(2)42-28-32(22-23-37(42)40-24-21-30-12-6-7-15-34(30)46(40)48)33-25-26-41(36-17-9-8-16-35(33)36)47-50-44(31-13-4-3-5-14-31)29-45(51-47)39-18-10-20-43-38(39)19-11-27-49-43/h3-29H,1-2H3. The summed E-state index contributed by atoms with van der Waals surface area (Å²) < 4.78 is 0. The molecule has 2 heterocycles. The van der Waals surface area contributed by atoms with E-state index in [2.05, 4.69) is 158 Å². The number of aromatic nitrogens is 3. The molecule has 0 atom stereocenters. The number of hydrogen-bond acceptors (Lipinski definition) is 3. The predicted molar refractivity (Wildman–Crippen MR) is 212 cm³/mol. The number of pyridine rings is 1. The minimum Gasteiger partial charge on any atom is -0.256 e. The Morgan fingerprint density at radius 2 is 1.12 bits per heavy atom. The summed E-state index contributed by atoms with van der Waals surface area (Å²) in [5, 5.41) is 6.00. The van der Waals surface area contributed by atoms with Gasteiger partial charge in [0.15, 0.2) is 5.82 Å². The Labute approximate surface area is 297 Å². The van der Waals surface area contributed by atoms with Crippen molar-refractivity contribution in [3.63, 3.8) is 0 Å². The lowest BCUT2D eigenvalue weighted by Crippen LogP contribution is -2.15. The molecule has 1 aliphatic rings. The zero-order valence-electron chi connectivity index (χ0n) is 28.4. The molecule has 0 spiro atoms. The zero-order chi connectivity index (χ0) is 34.1. The van der Waals surface area contributed by atoms with Gasteiger partial charge in [-0.1, -0.05) is 141 Å². The van der Waals surface area contributed by atoms with E-state index in [0.717, 1.165) is 44.4 Å². The number of benzene rings is 7. The highest BCUT2D eigenvalue weighted by atomic mass is 14.9. The third-order valence-corrected chi connectivity index (χ3v) is 10.7. The maximum atomic E-state index is 5.28. The van der Waals surface area contributed by atoms with E-state index in [-0.39, 0.29) is 5.41 Å². The van der Waals surface area contributed by atoms with E-state index in [1.165, 1.54) is 49.5 Å². The van der Waals surface area contributed by atoms with Gasteiger partial charge in [0.2, 0.25) is 0 Å². The summed E-state index contributed by atoms with van der Waals surface area (Å²) in [6.07, 6.45) is 1.84. The van der Waals surface area contributed by atoms with E-state index in [9.17, 15) is 0 Å². The Hall–Kier alpha value is -6.45. The molecule has 10 rings (SSSR count). The van der Waals surface area contributed by atoms with Crippen molar-refractivity contribution in [3.8, 4) is 56.2 Å². The molecule has 0 fully saturated rings.